The molecule has 8 aliphatic rings. The van der Waals surface area contributed by atoms with E-state index >= 15 is 0 Å². The van der Waals surface area contributed by atoms with Gasteiger partial charge in [-0.05, 0) is 90.3 Å². The zero-order chi connectivity index (χ0) is 45.0. The van der Waals surface area contributed by atoms with E-state index in [1.165, 1.54) is 33.7 Å². The molecule has 5 aliphatic carbocycles. The van der Waals surface area contributed by atoms with E-state index in [0.29, 0.717) is 0 Å². The molecule has 68 heavy (non-hydrogen) atoms. The minimum atomic E-state index is -0.417. The Kier molecular flexibility index (Phi) is 10.2. The van der Waals surface area contributed by atoms with Crippen LogP contribution in [-0.4, -0.2) is 28.9 Å². The lowest BCUT2D eigenvalue weighted by Gasteiger charge is -2.31. The van der Waals surface area contributed by atoms with Crippen LogP contribution in [0.1, 0.15) is 71.8 Å². The second-order valence-corrected chi connectivity index (χ2v) is 18.7. The van der Waals surface area contributed by atoms with E-state index in [2.05, 4.69) is 211 Å². The van der Waals surface area contributed by atoms with Crippen LogP contribution in [-0.2, 0) is 0 Å². The lowest BCUT2D eigenvalue weighted by atomic mass is 9.75. The van der Waals surface area contributed by atoms with Gasteiger partial charge in [-0.15, -0.1) is 0 Å². The molecular formula is C62H51N5O. The van der Waals surface area contributed by atoms with Crippen molar-refractivity contribution in [2.24, 2.45) is 21.8 Å². The number of allylic oxidation sites excluding steroid dienone is 15. The van der Waals surface area contributed by atoms with Gasteiger partial charge in [-0.25, -0.2) is 9.98 Å². The summed E-state index contributed by atoms with van der Waals surface area (Å²) >= 11 is 0. The second kappa shape index (κ2) is 17.1. The summed E-state index contributed by atoms with van der Waals surface area (Å²) in [6, 6.07) is 41.0. The molecule has 3 aliphatic heterocycles. The Balaban J connectivity index is 0.954. The Morgan fingerprint density at radius 2 is 1.38 bits per heavy atom. The number of nitrogens with one attached hydrogen (secondary N) is 1. The number of aromatic nitrogens is 1. The summed E-state index contributed by atoms with van der Waals surface area (Å²) in [4.78, 5) is 18.7. The van der Waals surface area contributed by atoms with Crippen molar-refractivity contribution in [3.05, 3.63) is 262 Å². The maximum atomic E-state index is 7.42. The molecule has 5 aromatic rings. The second-order valence-electron chi connectivity index (χ2n) is 18.7. The number of aliphatic imine (C=N–C) groups is 2. The number of ether oxygens (including phenoxy) is 1. The molecule has 0 fully saturated rings. The van der Waals surface area contributed by atoms with Crippen LogP contribution in [0.5, 0.6) is 5.75 Å². The molecule has 0 saturated carbocycles. The molecule has 4 aromatic carbocycles. The SMILES string of the molecule is C1=CCC2C(=C1)N(c1ccccc1)C1=C2C=CC2c3cccc(-c4ncc(C5=CC(C6=CCCC=C6)C(c6ccccc6)C=C5)cc4C4=NC(C5=CCCC=C5)N=C(c5ccccc5)N4)c3OC12. The van der Waals surface area contributed by atoms with Crippen molar-refractivity contribution in [2.75, 3.05) is 4.90 Å². The topological polar surface area (TPSA) is 62.1 Å². The van der Waals surface area contributed by atoms with Gasteiger partial charge in [0.05, 0.1) is 11.4 Å². The van der Waals surface area contributed by atoms with Gasteiger partial charge in [0.25, 0.3) is 0 Å². The zero-order valence-corrected chi connectivity index (χ0v) is 37.8. The fourth-order valence-corrected chi connectivity index (χ4v) is 11.4. The third-order valence-corrected chi connectivity index (χ3v) is 14.7. The minimum absolute atomic E-state index is 0.0397. The Labute approximate surface area is 398 Å². The zero-order valence-electron chi connectivity index (χ0n) is 37.8. The minimum Gasteiger partial charge on any atom is -0.482 e. The molecule has 6 unspecified atom stereocenters. The molecule has 6 atom stereocenters. The van der Waals surface area contributed by atoms with Crippen molar-refractivity contribution >= 4 is 22.9 Å². The summed E-state index contributed by atoms with van der Waals surface area (Å²) in [5, 5.41) is 3.76. The summed E-state index contributed by atoms with van der Waals surface area (Å²) in [7, 11) is 0. The summed E-state index contributed by atoms with van der Waals surface area (Å²) in [5.41, 5.74) is 15.8. The normalized spacial score (nSPS) is 25.1. The number of rotatable bonds is 8. The fourth-order valence-electron chi connectivity index (χ4n) is 11.4. The Morgan fingerprint density at radius 3 is 2.18 bits per heavy atom. The highest BCUT2D eigenvalue weighted by Crippen LogP contribution is 2.56. The van der Waals surface area contributed by atoms with Crippen LogP contribution in [0.2, 0.25) is 0 Å². The molecule has 4 heterocycles. The van der Waals surface area contributed by atoms with Crippen molar-refractivity contribution in [3.8, 4) is 17.0 Å². The van der Waals surface area contributed by atoms with Crippen molar-refractivity contribution in [3.63, 3.8) is 0 Å². The van der Waals surface area contributed by atoms with Crippen LogP contribution in [0.4, 0.5) is 5.69 Å². The van der Waals surface area contributed by atoms with Crippen LogP contribution in [0, 0.1) is 11.8 Å². The molecule has 330 valence electrons. The monoisotopic (exact) mass is 881 g/mol. The molecule has 0 amide bonds. The molecule has 1 aromatic heterocycles. The first kappa shape index (κ1) is 40.4. The number of fused-ring (bicyclic) bond motifs is 6. The smallest absolute Gasteiger partial charge is 0.169 e. The Hall–Kier alpha value is -7.83. The number of amidine groups is 2. The fraction of sp³-hybridized carbons (Fsp3) is 0.177. The molecule has 13 rings (SSSR count). The van der Waals surface area contributed by atoms with E-state index in [1.807, 2.05) is 6.07 Å². The molecule has 6 heteroatoms. The Bertz CT molecular complexity index is 3230. The maximum Gasteiger partial charge on any atom is 0.169 e. The lowest BCUT2D eigenvalue weighted by molar-refractivity contribution is 0.253. The Morgan fingerprint density at radius 1 is 0.632 bits per heavy atom. The quantitative estimate of drug-likeness (QED) is 0.169. The highest BCUT2D eigenvalue weighted by molar-refractivity contribution is 6.18. The van der Waals surface area contributed by atoms with Gasteiger partial charge in [-0.2, -0.15) is 0 Å². The highest BCUT2D eigenvalue weighted by atomic mass is 16.5. The highest BCUT2D eigenvalue weighted by Gasteiger charge is 2.48. The third-order valence-electron chi connectivity index (χ3n) is 14.7. The van der Waals surface area contributed by atoms with Gasteiger partial charge in [0, 0.05) is 69.1 Å². The first-order chi connectivity index (χ1) is 33.7. The number of benzene rings is 4. The summed E-state index contributed by atoms with van der Waals surface area (Å²) in [5.74, 6) is 3.12. The number of hydrogen-bond donors (Lipinski definition) is 1. The van der Waals surface area contributed by atoms with Gasteiger partial charge in [-0.3, -0.25) is 4.98 Å². The standard InChI is InChI=1S/C62H51N5O/c1-6-19-40(20-7-1)47-34-33-44(37-53(47)41-21-8-2-9-22-41)45-38-54(62-65-60(42-23-10-3-11-24-42)64-61(66-62)43-25-12-4-13-26-43)56(63-39-45)52-31-18-30-50-51-36-35-49-48-29-16-17-32-55(48)67(46-27-14-5-15-28-46)57(49)59(51)68-58(50)52/h1,3,5-8,10-12,14-28,30-39,47-48,51,53,59,61H,2,4,9,13,29H2,(H,64,65,66). The van der Waals surface area contributed by atoms with Crippen molar-refractivity contribution in [2.45, 2.75) is 56.2 Å². The van der Waals surface area contributed by atoms with Crippen molar-refractivity contribution in [1.82, 2.24) is 10.3 Å². The molecule has 1 N–H and O–H groups in total. The van der Waals surface area contributed by atoms with E-state index in [4.69, 9.17) is 19.7 Å². The average Bonchev–Trinajstić information content (AvgIpc) is 3.98. The predicted molar refractivity (Wildman–Crippen MR) is 276 cm³/mol. The predicted octanol–water partition coefficient (Wildman–Crippen LogP) is 13.4. The number of nitrogens with zero attached hydrogens (tertiary/aromatic N) is 4. The van der Waals surface area contributed by atoms with Crippen LogP contribution in [0.25, 0.3) is 16.8 Å². The van der Waals surface area contributed by atoms with Gasteiger partial charge in [-0.1, -0.05) is 170 Å². The van der Waals surface area contributed by atoms with Crippen molar-refractivity contribution in [1.29, 1.82) is 0 Å². The first-order valence-corrected chi connectivity index (χ1v) is 24.3. The summed E-state index contributed by atoms with van der Waals surface area (Å²) in [6.07, 6.45) is 39.0. The summed E-state index contributed by atoms with van der Waals surface area (Å²) < 4.78 is 7.42. The molecule has 6 nitrogen and oxygen atoms in total. The summed E-state index contributed by atoms with van der Waals surface area (Å²) in [6.45, 7) is 0. The van der Waals surface area contributed by atoms with Crippen molar-refractivity contribution < 1.29 is 4.74 Å². The molecule has 0 saturated heterocycles. The van der Waals surface area contributed by atoms with E-state index in [0.717, 1.165) is 94.3 Å². The first-order valence-electron chi connectivity index (χ1n) is 24.3. The van der Waals surface area contributed by atoms with Crippen LogP contribution >= 0.6 is 0 Å². The largest absolute Gasteiger partial charge is 0.482 e. The third kappa shape index (κ3) is 7.05. The molecule has 0 spiro atoms. The van der Waals surface area contributed by atoms with Crippen LogP contribution < -0.4 is 15.0 Å². The van der Waals surface area contributed by atoms with E-state index in [9.17, 15) is 0 Å². The van der Waals surface area contributed by atoms with E-state index < -0.39 is 6.17 Å². The number of pyridine rings is 1. The van der Waals surface area contributed by atoms with Crippen LogP contribution in [0.3, 0.4) is 0 Å². The van der Waals surface area contributed by atoms with Gasteiger partial charge < -0.3 is 15.0 Å². The number of para-hydroxylation sites is 2. The molecule has 0 bridgehead atoms. The molecular weight excluding hydrogens is 831 g/mol. The number of anilines is 1. The van der Waals surface area contributed by atoms with Gasteiger partial charge in [0.2, 0.25) is 0 Å². The van der Waals surface area contributed by atoms with Gasteiger partial charge in [0.15, 0.2) is 6.17 Å². The molecule has 0 radical (unpaired) electrons. The average molecular weight is 882 g/mol. The maximum absolute atomic E-state index is 7.42. The van der Waals surface area contributed by atoms with Crippen LogP contribution in [0.15, 0.2) is 245 Å². The van der Waals surface area contributed by atoms with Gasteiger partial charge in [0.1, 0.15) is 23.5 Å². The van der Waals surface area contributed by atoms with Gasteiger partial charge >= 0.3 is 0 Å². The van der Waals surface area contributed by atoms with E-state index in [-0.39, 0.29) is 29.8 Å². The number of hydrogen-bond acceptors (Lipinski definition) is 6. The lowest BCUT2D eigenvalue weighted by Crippen LogP contribution is -2.38. The van der Waals surface area contributed by atoms with E-state index in [1.54, 1.807) is 0 Å².